The summed E-state index contributed by atoms with van der Waals surface area (Å²) in [4.78, 5) is 27.5. The van der Waals surface area contributed by atoms with Crippen molar-refractivity contribution in [3.05, 3.63) is 65.7 Å². The first-order valence-corrected chi connectivity index (χ1v) is 13.6. The molecule has 0 spiro atoms. The molecule has 2 aromatic rings. The zero-order chi connectivity index (χ0) is 25.9. The number of rotatable bonds is 11. The third-order valence-electron chi connectivity index (χ3n) is 7.79. The molecule has 200 valence electrons. The summed E-state index contributed by atoms with van der Waals surface area (Å²) in [5, 5.41) is 6.12. The van der Waals surface area contributed by atoms with Crippen LogP contribution < -0.4 is 15.4 Å². The van der Waals surface area contributed by atoms with Crippen LogP contribution in [0.2, 0.25) is 0 Å². The Hall–Kier alpha value is -2.90. The number of methoxy groups -OCH3 is 1. The van der Waals surface area contributed by atoms with Crippen LogP contribution in [-0.2, 0) is 27.2 Å². The van der Waals surface area contributed by atoms with Crippen LogP contribution in [0.25, 0.3) is 0 Å². The van der Waals surface area contributed by atoms with Gasteiger partial charge in [-0.05, 0) is 61.8 Å². The number of ether oxygens (including phenoxy) is 2. The van der Waals surface area contributed by atoms with E-state index in [1.165, 1.54) is 5.56 Å². The van der Waals surface area contributed by atoms with Crippen LogP contribution >= 0.6 is 0 Å². The molecular weight excluding hydrogens is 466 g/mol. The lowest BCUT2D eigenvalue weighted by atomic mass is 9.74. The average Bonchev–Trinajstić information content (AvgIpc) is 2.94. The number of carbonyl (C=O) groups excluding carboxylic acids is 2. The Morgan fingerprint density at radius 3 is 2.41 bits per heavy atom. The van der Waals surface area contributed by atoms with E-state index in [0.717, 1.165) is 76.1 Å². The van der Waals surface area contributed by atoms with Gasteiger partial charge in [0, 0.05) is 44.1 Å². The van der Waals surface area contributed by atoms with Gasteiger partial charge in [0.15, 0.2) is 0 Å². The van der Waals surface area contributed by atoms with E-state index in [-0.39, 0.29) is 36.2 Å². The molecule has 0 unspecified atom stereocenters. The number of amides is 2. The highest BCUT2D eigenvalue weighted by atomic mass is 16.5. The zero-order valence-corrected chi connectivity index (χ0v) is 22.0. The fourth-order valence-corrected chi connectivity index (χ4v) is 5.71. The Morgan fingerprint density at radius 1 is 0.973 bits per heavy atom. The number of benzene rings is 2. The summed E-state index contributed by atoms with van der Waals surface area (Å²) in [6, 6.07) is 18.7. The van der Waals surface area contributed by atoms with E-state index in [4.69, 9.17) is 9.47 Å². The first-order valence-electron chi connectivity index (χ1n) is 13.6. The summed E-state index contributed by atoms with van der Waals surface area (Å²) >= 11 is 0. The zero-order valence-electron chi connectivity index (χ0n) is 22.0. The molecule has 1 aliphatic heterocycles. The molecule has 1 saturated carbocycles. The second-order valence-corrected chi connectivity index (χ2v) is 10.3. The van der Waals surface area contributed by atoms with Crippen LogP contribution in [0.5, 0.6) is 5.75 Å². The number of nitrogens with zero attached hydrogens (tertiary/aromatic N) is 1. The summed E-state index contributed by atoms with van der Waals surface area (Å²) in [5.41, 5.74) is 2.60. The van der Waals surface area contributed by atoms with Gasteiger partial charge in [-0.3, -0.25) is 14.5 Å². The third kappa shape index (κ3) is 8.04. The van der Waals surface area contributed by atoms with E-state index >= 15 is 0 Å². The van der Waals surface area contributed by atoms with Gasteiger partial charge < -0.3 is 20.1 Å². The molecular formula is C30H41N3O4. The van der Waals surface area contributed by atoms with E-state index in [9.17, 15) is 9.59 Å². The maximum absolute atomic E-state index is 12.6. The highest BCUT2D eigenvalue weighted by molar-refractivity contribution is 5.83. The maximum Gasteiger partial charge on any atom is 0.220 e. The molecule has 4 rings (SSSR count). The lowest BCUT2D eigenvalue weighted by molar-refractivity contribution is -0.127. The SMILES string of the molecule is COc1cccc(CCNC(=O)CCC(=O)NC2CCC(Cc3ccccc3)(N3CCOCC3)CC2)c1. The molecule has 1 aliphatic carbocycles. The van der Waals surface area contributed by atoms with Gasteiger partial charge >= 0.3 is 0 Å². The van der Waals surface area contributed by atoms with Gasteiger partial charge in [-0.25, -0.2) is 0 Å². The van der Waals surface area contributed by atoms with E-state index in [2.05, 4.69) is 45.9 Å². The van der Waals surface area contributed by atoms with Crippen molar-refractivity contribution >= 4 is 11.8 Å². The molecule has 2 aliphatic rings. The molecule has 37 heavy (non-hydrogen) atoms. The maximum atomic E-state index is 12.6. The van der Waals surface area contributed by atoms with Crippen LogP contribution in [0.3, 0.4) is 0 Å². The summed E-state index contributed by atoms with van der Waals surface area (Å²) in [5.74, 6) is 0.691. The van der Waals surface area contributed by atoms with Crippen molar-refractivity contribution in [1.82, 2.24) is 15.5 Å². The van der Waals surface area contributed by atoms with Crippen molar-refractivity contribution in [1.29, 1.82) is 0 Å². The van der Waals surface area contributed by atoms with Crippen molar-refractivity contribution in [2.45, 2.75) is 62.9 Å². The lowest BCUT2D eigenvalue weighted by Crippen LogP contribution is -2.58. The van der Waals surface area contributed by atoms with Crippen LogP contribution in [0.15, 0.2) is 54.6 Å². The Morgan fingerprint density at radius 2 is 1.68 bits per heavy atom. The molecule has 1 heterocycles. The quantitative estimate of drug-likeness (QED) is 0.487. The summed E-state index contributed by atoms with van der Waals surface area (Å²) < 4.78 is 10.9. The predicted molar refractivity (Wildman–Crippen MR) is 145 cm³/mol. The molecule has 1 saturated heterocycles. The standard InChI is InChI=1S/C30H41N3O4/c1-36-27-9-5-8-24(22-27)14-17-31-28(34)10-11-29(35)32-26-12-15-30(16-13-26,33-18-20-37-21-19-33)23-25-6-3-2-4-7-25/h2-9,22,26H,10-21,23H2,1H3,(H,31,34)(H,32,35). The molecule has 2 amide bonds. The monoisotopic (exact) mass is 507 g/mol. The molecule has 0 bridgehead atoms. The highest BCUT2D eigenvalue weighted by Crippen LogP contribution is 2.37. The lowest BCUT2D eigenvalue weighted by Gasteiger charge is -2.50. The molecule has 7 heteroatoms. The summed E-state index contributed by atoms with van der Waals surface area (Å²) in [7, 11) is 1.64. The second-order valence-electron chi connectivity index (χ2n) is 10.3. The number of hydrogen-bond donors (Lipinski definition) is 2. The molecule has 0 atom stereocenters. The van der Waals surface area contributed by atoms with Crippen LogP contribution in [0.1, 0.15) is 49.7 Å². The summed E-state index contributed by atoms with van der Waals surface area (Å²) in [6.45, 7) is 4.06. The van der Waals surface area contributed by atoms with Crippen molar-refractivity contribution in [3.8, 4) is 5.75 Å². The highest BCUT2D eigenvalue weighted by Gasteiger charge is 2.41. The van der Waals surface area contributed by atoms with Gasteiger partial charge in [0.05, 0.1) is 20.3 Å². The predicted octanol–water partition coefficient (Wildman–Crippen LogP) is 3.51. The van der Waals surface area contributed by atoms with E-state index in [1.54, 1.807) is 7.11 Å². The smallest absolute Gasteiger partial charge is 0.220 e. The largest absolute Gasteiger partial charge is 0.497 e. The van der Waals surface area contributed by atoms with Gasteiger partial charge in [-0.15, -0.1) is 0 Å². The van der Waals surface area contributed by atoms with Crippen LogP contribution in [-0.4, -0.2) is 68.3 Å². The number of nitrogens with one attached hydrogen (secondary N) is 2. The van der Waals surface area contributed by atoms with Gasteiger partial charge in [0.25, 0.3) is 0 Å². The van der Waals surface area contributed by atoms with Crippen molar-refractivity contribution < 1.29 is 19.1 Å². The minimum atomic E-state index is -0.0871. The van der Waals surface area contributed by atoms with E-state index in [0.29, 0.717) is 6.54 Å². The van der Waals surface area contributed by atoms with Crippen molar-refractivity contribution in [3.63, 3.8) is 0 Å². The van der Waals surface area contributed by atoms with Gasteiger partial charge in [0.2, 0.25) is 11.8 Å². The fraction of sp³-hybridized carbons (Fsp3) is 0.533. The second kappa shape index (κ2) is 13.6. The fourth-order valence-electron chi connectivity index (χ4n) is 5.71. The first-order chi connectivity index (χ1) is 18.1. The molecule has 2 aromatic carbocycles. The van der Waals surface area contributed by atoms with Crippen LogP contribution in [0, 0.1) is 0 Å². The van der Waals surface area contributed by atoms with Crippen molar-refractivity contribution in [2.75, 3.05) is 40.0 Å². The molecule has 0 radical (unpaired) electrons. The van der Waals surface area contributed by atoms with Crippen molar-refractivity contribution in [2.24, 2.45) is 0 Å². The minimum absolute atomic E-state index is 0.0325. The minimum Gasteiger partial charge on any atom is -0.497 e. The molecule has 2 fully saturated rings. The van der Waals surface area contributed by atoms with Gasteiger partial charge in [-0.2, -0.15) is 0 Å². The Bertz CT molecular complexity index is 999. The average molecular weight is 508 g/mol. The van der Waals surface area contributed by atoms with E-state index in [1.807, 2.05) is 24.3 Å². The molecule has 2 N–H and O–H groups in total. The topological polar surface area (TPSA) is 79.9 Å². The first kappa shape index (κ1) is 27.1. The Labute approximate surface area is 220 Å². The number of morpholine rings is 1. The third-order valence-corrected chi connectivity index (χ3v) is 7.79. The normalized spacial score (nSPS) is 22.2. The van der Waals surface area contributed by atoms with Gasteiger partial charge in [-0.1, -0.05) is 42.5 Å². The Balaban J connectivity index is 1.19. The number of carbonyl (C=O) groups is 2. The van der Waals surface area contributed by atoms with E-state index < -0.39 is 0 Å². The number of hydrogen-bond acceptors (Lipinski definition) is 5. The molecule has 7 nitrogen and oxygen atoms in total. The van der Waals surface area contributed by atoms with Crippen LogP contribution in [0.4, 0.5) is 0 Å². The Kier molecular flexibility index (Phi) is 9.97. The molecule has 0 aromatic heterocycles. The van der Waals surface area contributed by atoms with Gasteiger partial charge in [0.1, 0.15) is 5.75 Å². The summed E-state index contributed by atoms with van der Waals surface area (Å²) in [6.07, 6.45) is 6.22.